The van der Waals surface area contributed by atoms with Crippen LogP contribution in [0.4, 0.5) is 10.1 Å². The fourth-order valence-corrected chi connectivity index (χ4v) is 2.79. The molecule has 1 aliphatic carbocycles. The Morgan fingerprint density at radius 3 is 3.05 bits per heavy atom. The van der Waals surface area contributed by atoms with E-state index >= 15 is 0 Å². The summed E-state index contributed by atoms with van der Waals surface area (Å²) < 4.78 is 15.2. The standard InChI is InChI=1S/C15H18FN3/c1-10-8-11(6-7-13(10)16)18-14-4-3-5-15-12(14)9-17-19(15)2/h6-9,14,18H,3-5H2,1-2H3. The van der Waals surface area contributed by atoms with Gasteiger partial charge in [-0.2, -0.15) is 5.10 Å². The second-order valence-electron chi connectivity index (χ2n) is 5.22. The van der Waals surface area contributed by atoms with Crippen LogP contribution in [0.3, 0.4) is 0 Å². The largest absolute Gasteiger partial charge is 0.378 e. The van der Waals surface area contributed by atoms with Gasteiger partial charge in [-0.05, 0) is 49.9 Å². The molecular weight excluding hydrogens is 241 g/mol. The van der Waals surface area contributed by atoms with Crippen molar-refractivity contribution in [1.82, 2.24) is 9.78 Å². The number of halogens is 1. The summed E-state index contributed by atoms with van der Waals surface area (Å²) >= 11 is 0. The molecule has 4 heteroatoms. The van der Waals surface area contributed by atoms with Gasteiger partial charge in [0.15, 0.2) is 0 Å². The highest BCUT2D eigenvalue weighted by molar-refractivity contribution is 5.48. The van der Waals surface area contributed by atoms with Gasteiger partial charge in [0.1, 0.15) is 5.82 Å². The number of fused-ring (bicyclic) bond motifs is 1. The Balaban J connectivity index is 1.86. The monoisotopic (exact) mass is 259 g/mol. The second-order valence-corrected chi connectivity index (χ2v) is 5.22. The van der Waals surface area contributed by atoms with Crippen molar-refractivity contribution >= 4 is 5.69 Å². The zero-order valence-electron chi connectivity index (χ0n) is 11.3. The normalized spacial score (nSPS) is 18.2. The topological polar surface area (TPSA) is 29.9 Å². The summed E-state index contributed by atoms with van der Waals surface area (Å²) in [7, 11) is 1.99. The summed E-state index contributed by atoms with van der Waals surface area (Å²) in [5, 5.41) is 7.84. The van der Waals surface area contributed by atoms with Gasteiger partial charge in [0.25, 0.3) is 0 Å². The van der Waals surface area contributed by atoms with Gasteiger partial charge in [-0.3, -0.25) is 4.68 Å². The molecule has 0 radical (unpaired) electrons. The number of nitrogens with zero attached hydrogens (tertiary/aromatic N) is 2. The molecule has 1 atom stereocenters. The quantitative estimate of drug-likeness (QED) is 0.896. The molecule has 3 rings (SSSR count). The Labute approximate surface area is 112 Å². The van der Waals surface area contributed by atoms with Crippen LogP contribution in [0.15, 0.2) is 24.4 Å². The Morgan fingerprint density at radius 2 is 2.26 bits per heavy atom. The zero-order chi connectivity index (χ0) is 13.4. The molecule has 0 saturated carbocycles. The summed E-state index contributed by atoms with van der Waals surface area (Å²) in [6, 6.07) is 5.46. The zero-order valence-corrected chi connectivity index (χ0v) is 11.3. The average molecular weight is 259 g/mol. The molecule has 0 spiro atoms. The lowest BCUT2D eigenvalue weighted by atomic mass is 9.92. The summed E-state index contributed by atoms with van der Waals surface area (Å²) in [5.74, 6) is -0.156. The van der Waals surface area contributed by atoms with Gasteiger partial charge in [0.05, 0.1) is 12.2 Å². The molecule has 1 aliphatic rings. The van der Waals surface area contributed by atoms with E-state index in [1.165, 1.54) is 17.3 Å². The van der Waals surface area contributed by atoms with Crippen LogP contribution in [0.5, 0.6) is 0 Å². The van der Waals surface area contributed by atoms with Crippen molar-refractivity contribution in [1.29, 1.82) is 0 Å². The van der Waals surface area contributed by atoms with Crippen LogP contribution in [-0.2, 0) is 13.5 Å². The first kappa shape index (κ1) is 12.2. The number of hydrogen-bond donors (Lipinski definition) is 1. The first-order valence-electron chi connectivity index (χ1n) is 6.68. The van der Waals surface area contributed by atoms with Crippen LogP contribution < -0.4 is 5.32 Å². The van der Waals surface area contributed by atoms with E-state index in [1.54, 1.807) is 13.0 Å². The van der Waals surface area contributed by atoms with Crippen LogP contribution >= 0.6 is 0 Å². The highest BCUT2D eigenvalue weighted by Crippen LogP contribution is 2.32. The molecule has 1 unspecified atom stereocenters. The van der Waals surface area contributed by atoms with Crippen molar-refractivity contribution in [2.24, 2.45) is 7.05 Å². The highest BCUT2D eigenvalue weighted by atomic mass is 19.1. The highest BCUT2D eigenvalue weighted by Gasteiger charge is 2.23. The van der Waals surface area contributed by atoms with E-state index in [0.29, 0.717) is 5.56 Å². The molecular formula is C15H18FN3. The van der Waals surface area contributed by atoms with Crippen molar-refractivity contribution in [3.8, 4) is 0 Å². The third-order valence-corrected chi connectivity index (χ3v) is 3.87. The van der Waals surface area contributed by atoms with Gasteiger partial charge < -0.3 is 5.32 Å². The summed E-state index contributed by atoms with van der Waals surface area (Å²) in [5.41, 5.74) is 4.23. The van der Waals surface area contributed by atoms with Gasteiger partial charge >= 0.3 is 0 Å². The molecule has 1 N–H and O–H groups in total. The third-order valence-electron chi connectivity index (χ3n) is 3.87. The number of hydrogen-bond acceptors (Lipinski definition) is 2. The van der Waals surface area contributed by atoms with E-state index in [-0.39, 0.29) is 11.9 Å². The van der Waals surface area contributed by atoms with Crippen LogP contribution in [0.2, 0.25) is 0 Å². The van der Waals surface area contributed by atoms with Crippen molar-refractivity contribution in [3.05, 3.63) is 47.0 Å². The molecule has 1 heterocycles. The maximum atomic E-state index is 13.3. The van der Waals surface area contributed by atoms with Crippen LogP contribution in [0.1, 0.15) is 35.7 Å². The Morgan fingerprint density at radius 1 is 1.42 bits per heavy atom. The molecule has 0 fully saturated rings. The molecule has 1 aromatic heterocycles. The number of aromatic nitrogens is 2. The molecule has 0 bridgehead atoms. The van der Waals surface area contributed by atoms with E-state index in [0.717, 1.165) is 24.9 Å². The minimum Gasteiger partial charge on any atom is -0.378 e. The third kappa shape index (κ3) is 2.23. The summed E-state index contributed by atoms with van der Waals surface area (Å²) in [6.07, 6.45) is 5.29. The van der Waals surface area contributed by atoms with Crippen molar-refractivity contribution in [3.63, 3.8) is 0 Å². The van der Waals surface area contributed by atoms with Crippen molar-refractivity contribution < 1.29 is 4.39 Å². The number of rotatable bonds is 2. The number of anilines is 1. The maximum Gasteiger partial charge on any atom is 0.126 e. The van der Waals surface area contributed by atoms with Gasteiger partial charge in [-0.25, -0.2) is 4.39 Å². The second kappa shape index (κ2) is 4.68. The molecule has 0 saturated heterocycles. The molecule has 3 nitrogen and oxygen atoms in total. The van der Waals surface area contributed by atoms with Crippen molar-refractivity contribution in [2.45, 2.75) is 32.2 Å². The first-order valence-corrected chi connectivity index (χ1v) is 6.68. The van der Waals surface area contributed by atoms with Gasteiger partial charge in [-0.15, -0.1) is 0 Å². The lowest BCUT2D eigenvalue weighted by Gasteiger charge is -2.25. The minimum absolute atomic E-state index is 0.156. The predicted octanol–water partition coefficient (Wildman–Crippen LogP) is 3.36. The summed E-state index contributed by atoms with van der Waals surface area (Å²) in [6.45, 7) is 1.79. The maximum absolute atomic E-state index is 13.3. The SMILES string of the molecule is Cc1cc(NC2CCCc3c2cnn3C)ccc1F. The Bertz CT molecular complexity index is 603. The van der Waals surface area contributed by atoms with Gasteiger partial charge in [0, 0.05) is 24.0 Å². The van der Waals surface area contributed by atoms with Crippen LogP contribution in [0.25, 0.3) is 0 Å². The van der Waals surface area contributed by atoms with Crippen molar-refractivity contribution in [2.75, 3.05) is 5.32 Å². The molecule has 1 aromatic carbocycles. The lowest BCUT2D eigenvalue weighted by Crippen LogP contribution is -2.17. The van der Waals surface area contributed by atoms with Gasteiger partial charge in [0.2, 0.25) is 0 Å². The smallest absolute Gasteiger partial charge is 0.126 e. The van der Waals surface area contributed by atoms with E-state index in [1.807, 2.05) is 24.0 Å². The molecule has 0 amide bonds. The molecule has 2 aromatic rings. The van der Waals surface area contributed by atoms with E-state index in [2.05, 4.69) is 10.4 Å². The number of nitrogens with one attached hydrogen (secondary N) is 1. The Kier molecular flexibility index (Phi) is 3.01. The van der Waals surface area contributed by atoms with E-state index in [4.69, 9.17) is 0 Å². The van der Waals surface area contributed by atoms with Crippen LogP contribution in [0, 0.1) is 12.7 Å². The lowest BCUT2D eigenvalue weighted by molar-refractivity contribution is 0.571. The molecule has 19 heavy (non-hydrogen) atoms. The van der Waals surface area contributed by atoms with E-state index < -0.39 is 0 Å². The average Bonchev–Trinajstić information content (AvgIpc) is 2.77. The fraction of sp³-hybridized carbons (Fsp3) is 0.400. The fourth-order valence-electron chi connectivity index (χ4n) is 2.79. The number of benzene rings is 1. The molecule has 0 aliphatic heterocycles. The van der Waals surface area contributed by atoms with E-state index in [9.17, 15) is 4.39 Å². The predicted molar refractivity (Wildman–Crippen MR) is 73.6 cm³/mol. The minimum atomic E-state index is -0.156. The Hall–Kier alpha value is -1.84. The van der Waals surface area contributed by atoms with Crippen LogP contribution in [-0.4, -0.2) is 9.78 Å². The first-order chi connectivity index (χ1) is 9.15. The van der Waals surface area contributed by atoms with Gasteiger partial charge in [-0.1, -0.05) is 0 Å². The molecule has 100 valence electrons. The summed E-state index contributed by atoms with van der Waals surface area (Å²) in [4.78, 5) is 0. The number of aryl methyl sites for hydroxylation is 2.